The summed E-state index contributed by atoms with van der Waals surface area (Å²) in [5, 5.41) is 17.5. The summed E-state index contributed by atoms with van der Waals surface area (Å²) >= 11 is 2.03. The predicted octanol–water partition coefficient (Wildman–Crippen LogP) is 2.50. The molecule has 0 aliphatic carbocycles. The lowest BCUT2D eigenvalue weighted by Gasteiger charge is -2.04. The van der Waals surface area contributed by atoms with Gasteiger partial charge in [-0.05, 0) is 34.7 Å². The van der Waals surface area contributed by atoms with Crippen LogP contribution in [0.1, 0.15) is 11.7 Å². The van der Waals surface area contributed by atoms with Crippen molar-refractivity contribution in [3.05, 3.63) is 43.6 Å². The maximum Gasteiger partial charge on any atom is 0.293 e. The van der Waals surface area contributed by atoms with Gasteiger partial charge in [0.15, 0.2) is 5.82 Å². The van der Waals surface area contributed by atoms with Crippen LogP contribution in [0.25, 0.3) is 0 Å². The van der Waals surface area contributed by atoms with Gasteiger partial charge >= 0.3 is 0 Å². The van der Waals surface area contributed by atoms with E-state index in [9.17, 15) is 10.1 Å². The molecule has 0 spiro atoms. The number of nitrogens with one attached hydrogen (secondary N) is 1. The number of benzene rings is 1. The van der Waals surface area contributed by atoms with Crippen LogP contribution >= 0.6 is 22.6 Å². The maximum absolute atomic E-state index is 10.9. The van der Waals surface area contributed by atoms with E-state index in [0.717, 1.165) is 3.57 Å². The Labute approximate surface area is 116 Å². The van der Waals surface area contributed by atoms with Gasteiger partial charge in [0.05, 0.1) is 11.5 Å². The Kier molecular flexibility index (Phi) is 3.75. The molecule has 0 atom stereocenters. The van der Waals surface area contributed by atoms with Gasteiger partial charge < -0.3 is 9.84 Å². The normalized spacial score (nSPS) is 10.3. The van der Waals surface area contributed by atoms with E-state index < -0.39 is 4.92 Å². The van der Waals surface area contributed by atoms with Gasteiger partial charge in [-0.15, -0.1) is 0 Å². The van der Waals surface area contributed by atoms with Crippen LogP contribution in [0.15, 0.2) is 22.7 Å². The summed E-state index contributed by atoms with van der Waals surface area (Å²) in [4.78, 5) is 14.5. The van der Waals surface area contributed by atoms with Crippen LogP contribution in [-0.4, -0.2) is 15.1 Å². The summed E-state index contributed by atoms with van der Waals surface area (Å²) in [6.07, 6.45) is 0. The molecule has 1 heterocycles. The minimum Gasteiger partial charge on any atom is -0.372 e. The number of hydrogen-bond donors (Lipinski definition) is 1. The molecule has 0 saturated heterocycles. The minimum absolute atomic E-state index is 0.0297. The Morgan fingerprint density at radius 1 is 1.56 bits per heavy atom. The fourth-order valence-electron chi connectivity index (χ4n) is 1.39. The molecule has 18 heavy (non-hydrogen) atoms. The molecular weight excluding hydrogens is 351 g/mol. The summed E-state index contributed by atoms with van der Waals surface area (Å²) < 4.78 is 5.62. The quantitative estimate of drug-likeness (QED) is 0.512. The van der Waals surface area contributed by atoms with E-state index in [2.05, 4.69) is 15.5 Å². The summed E-state index contributed by atoms with van der Waals surface area (Å²) in [7, 11) is 0. The lowest BCUT2D eigenvalue weighted by Crippen LogP contribution is -2.04. The lowest BCUT2D eigenvalue weighted by molar-refractivity contribution is -0.384. The Balaban J connectivity index is 2.16. The molecule has 8 heteroatoms. The summed E-state index contributed by atoms with van der Waals surface area (Å²) in [6, 6.07) is 4.95. The van der Waals surface area contributed by atoms with Gasteiger partial charge in [-0.25, -0.2) is 0 Å². The number of rotatable bonds is 4. The van der Waals surface area contributed by atoms with Crippen LogP contribution in [0.2, 0.25) is 0 Å². The highest BCUT2D eigenvalue weighted by atomic mass is 127. The van der Waals surface area contributed by atoms with Gasteiger partial charge in [0.2, 0.25) is 5.89 Å². The molecule has 0 aliphatic heterocycles. The smallest absolute Gasteiger partial charge is 0.293 e. The van der Waals surface area contributed by atoms with Gasteiger partial charge in [0.1, 0.15) is 5.69 Å². The molecule has 0 bridgehead atoms. The molecule has 0 saturated carbocycles. The van der Waals surface area contributed by atoms with E-state index in [-0.39, 0.29) is 12.2 Å². The number of nitrogens with zero attached hydrogens (tertiary/aromatic N) is 3. The number of halogens is 1. The predicted molar refractivity (Wildman–Crippen MR) is 72.2 cm³/mol. The van der Waals surface area contributed by atoms with Crippen molar-refractivity contribution in [2.45, 2.75) is 13.5 Å². The van der Waals surface area contributed by atoms with Crippen LogP contribution in [0, 0.1) is 20.6 Å². The fraction of sp³-hybridized carbons (Fsp3) is 0.200. The lowest BCUT2D eigenvalue weighted by atomic mass is 10.2. The molecule has 1 aromatic heterocycles. The van der Waals surface area contributed by atoms with Gasteiger partial charge in [-0.2, -0.15) is 4.98 Å². The number of hydrogen-bond acceptors (Lipinski definition) is 6. The van der Waals surface area contributed by atoms with Crippen molar-refractivity contribution in [1.29, 1.82) is 0 Å². The average molecular weight is 360 g/mol. The molecule has 1 aromatic carbocycles. The zero-order valence-corrected chi connectivity index (χ0v) is 11.5. The van der Waals surface area contributed by atoms with Crippen molar-refractivity contribution in [2.24, 2.45) is 0 Å². The number of aryl methyl sites for hydroxylation is 1. The van der Waals surface area contributed by atoms with Crippen molar-refractivity contribution in [3.8, 4) is 0 Å². The molecule has 0 radical (unpaired) electrons. The molecule has 2 aromatic rings. The fourth-order valence-corrected chi connectivity index (χ4v) is 1.87. The molecule has 94 valence electrons. The Hall–Kier alpha value is -1.71. The monoisotopic (exact) mass is 360 g/mol. The molecule has 0 fully saturated rings. The van der Waals surface area contributed by atoms with Crippen LogP contribution in [0.3, 0.4) is 0 Å². The zero-order chi connectivity index (χ0) is 13.1. The molecule has 2 rings (SSSR count). The Morgan fingerprint density at radius 3 is 2.94 bits per heavy atom. The highest BCUT2D eigenvalue weighted by molar-refractivity contribution is 14.1. The highest BCUT2D eigenvalue weighted by Crippen LogP contribution is 2.26. The van der Waals surface area contributed by atoms with Crippen molar-refractivity contribution in [2.75, 3.05) is 5.32 Å². The first-order valence-corrected chi connectivity index (χ1v) is 6.11. The molecule has 0 aliphatic rings. The van der Waals surface area contributed by atoms with Crippen LogP contribution in [0.4, 0.5) is 11.4 Å². The molecule has 0 amide bonds. The van der Waals surface area contributed by atoms with Gasteiger partial charge in [0, 0.05) is 16.6 Å². The van der Waals surface area contributed by atoms with Crippen molar-refractivity contribution < 1.29 is 9.45 Å². The molecular formula is C10H9IN4O3. The van der Waals surface area contributed by atoms with Gasteiger partial charge in [0.25, 0.3) is 5.69 Å². The first-order valence-electron chi connectivity index (χ1n) is 5.03. The third-order valence-electron chi connectivity index (χ3n) is 2.16. The summed E-state index contributed by atoms with van der Waals surface area (Å²) in [5.74, 6) is 0.921. The van der Waals surface area contributed by atoms with E-state index in [1.165, 1.54) is 6.07 Å². The zero-order valence-electron chi connectivity index (χ0n) is 9.38. The van der Waals surface area contributed by atoms with E-state index in [4.69, 9.17) is 4.52 Å². The maximum atomic E-state index is 10.9. The van der Waals surface area contributed by atoms with E-state index in [0.29, 0.717) is 17.4 Å². The first kappa shape index (κ1) is 12.7. The minimum atomic E-state index is -0.425. The first-order chi connectivity index (χ1) is 8.56. The topological polar surface area (TPSA) is 94.1 Å². The third-order valence-corrected chi connectivity index (χ3v) is 2.83. The van der Waals surface area contributed by atoms with Gasteiger partial charge in [-0.1, -0.05) is 5.16 Å². The van der Waals surface area contributed by atoms with E-state index in [1.54, 1.807) is 19.1 Å². The molecule has 0 unspecified atom stereocenters. The molecule has 7 nitrogen and oxygen atoms in total. The highest BCUT2D eigenvalue weighted by Gasteiger charge is 2.14. The van der Waals surface area contributed by atoms with Gasteiger partial charge in [-0.3, -0.25) is 10.1 Å². The third kappa shape index (κ3) is 2.94. The van der Waals surface area contributed by atoms with E-state index >= 15 is 0 Å². The summed E-state index contributed by atoms with van der Waals surface area (Å²) in [6.45, 7) is 1.96. The SMILES string of the molecule is Cc1nc(CNc2ccc(I)cc2[N+](=O)[O-])no1. The molecule has 1 N–H and O–H groups in total. The Bertz CT molecular complexity index is 584. The van der Waals surface area contributed by atoms with E-state index in [1.807, 2.05) is 22.6 Å². The number of nitro groups is 1. The van der Waals surface area contributed by atoms with Crippen LogP contribution in [-0.2, 0) is 6.54 Å². The Morgan fingerprint density at radius 2 is 2.33 bits per heavy atom. The number of aromatic nitrogens is 2. The second kappa shape index (κ2) is 5.29. The summed E-state index contributed by atoms with van der Waals surface area (Å²) in [5.41, 5.74) is 0.463. The average Bonchev–Trinajstić information content (AvgIpc) is 2.73. The second-order valence-electron chi connectivity index (χ2n) is 3.50. The number of nitro benzene ring substituents is 1. The largest absolute Gasteiger partial charge is 0.372 e. The second-order valence-corrected chi connectivity index (χ2v) is 4.75. The standard InChI is InChI=1S/C10H9IN4O3/c1-6-13-10(14-18-6)5-12-8-3-2-7(11)4-9(8)15(16)17/h2-4,12H,5H2,1H3. The van der Waals surface area contributed by atoms with Crippen molar-refractivity contribution >= 4 is 34.0 Å². The van der Waals surface area contributed by atoms with Crippen LogP contribution in [0.5, 0.6) is 0 Å². The van der Waals surface area contributed by atoms with Crippen molar-refractivity contribution in [3.63, 3.8) is 0 Å². The van der Waals surface area contributed by atoms with Crippen LogP contribution < -0.4 is 5.32 Å². The number of anilines is 1. The van der Waals surface area contributed by atoms with Crippen molar-refractivity contribution in [1.82, 2.24) is 10.1 Å².